The van der Waals surface area contributed by atoms with Gasteiger partial charge in [0.2, 0.25) is 5.90 Å². The lowest BCUT2D eigenvalue weighted by atomic mass is 10.1. The first-order valence-electron chi connectivity index (χ1n) is 7.80. The smallest absolute Gasteiger partial charge is 0.387 e. The maximum Gasteiger partial charge on any atom is 0.387 e. The number of ether oxygens (including phenoxy) is 4. The van der Waals surface area contributed by atoms with Gasteiger partial charge in [0.25, 0.3) is 0 Å². The lowest BCUT2D eigenvalue weighted by Gasteiger charge is -2.09. The number of carbonyl (C=O) groups is 1. The van der Waals surface area contributed by atoms with E-state index in [1.54, 1.807) is 18.2 Å². The molecule has 0 unspecified atom stereocenters. The molecule has 1 heterocycles. The third-order valence-corrected chi connectivity index (χ3v) is 3.67. The molecule has 0 aromatic heterocycles. The summed E-state index contributed by atoms with van der Waals surface area (Å²) in [6.07, 6.45) is 1.52. The average molecular weight is 375 g/mol. The molecule has 0 saturated carbocycles. The van der Waals surface area contributed by atoms with E-state index < -0.39 is 12.6 Å². The highest BCUT2D eigenvalue weighted by Gasteiger charge is 2.25. The van der Waals surface area contributed by atoms with E-state index in [2.05, 4.69) is 9.73 Å². The largest absolute Gasteiger partial charge is 0.493 e. The van der Waals surface area contributed by atoms with Crippen molar-refractivity contribution in [2.45, 2.75) is 6.61 Å². The Kier molecular flexibility index (Phi) is 5.35. The van der Waals surface area contributed by atoms with Gasteiger partial charge in [0.15, 0.2) is 17.2 Å². The minimum Gasteiger partial charge on any atom is -0.493 e. The van der Waals surface area contributed by atoms with Crippen LogP contribution in [0.25, 0.3) is 6.08 Å². The molecule has 27 heavy (non-hydrogen) atoms. The van der Waals surface area contributed by atoms with E-state index in [-0.39, 0.29) is 17.3 Å². The zero-order valence-corrected chi connectivity index (χ0v) is 14.4. The summed E-state index contributed by atoms with van der Waals surface area (Å²) in [5.41, 5.74) is 1.12. The molecule has 0 spiro atoms. The van der Waals surface area contributed by atoms with Gasteiger partial charge in [-0.3, -0.25) is 0 Å². The van der Waals surface area contributed by atoms with E-state index in [0.717, 1.165) is 0 Å². The van der Waals surface area contributed by atoms with Crippen molar-refractivity contribution in [3.05, 3.63) is 59.3 Å². The van der Waals surface area contributed by atoms with Crippen LogP contribution >= 0.6 is 0 Å². The molecule has 0 bridgehead atoms. The zero-order chi connectivity index (χ0) is 19.4. The number of cyclic esters (lactones) is 1. The number of alkyl halides is 2. The van der Waals surface area contributed by atoms with Crippen LogP contribution in [0.4, 0.5) is 8.78 Å². The van der Waals surface area contributed by atoms with Gasteiger partial charge in [-0.05, 0) is 36.4 Å². The summed E-state index contributed by atoms with van der Waals surface area (Å²) in [4.78, 5) is 16.3. The molecule has 0 fully saturated rings. The van der Waals surface area contributed by atoms with Gasteiger partial charge in [-0.1, -0.05) is 12.1 Å². The first kappa shape index (κ1) is 18.4. The summed E-state index contributed by atoms with van der Waals surface area (Å²) in [5.74, 6) is 0.393. The number of benzene rings is 2. The van der Waals surface area contributed by atoms with E-state index in [1.165, 1.54) is 44.6 Å². The molecule has 0 amide bonds. The van der Waals surface area contributed by atoms with Crippen molar-refractivity contribution >= 4 is 17.9 Å². The van der Waals surface area contributed by atoms with Crippen LogP contribution in [0.15, 0.2) is 53.2 Å². The summed E-state index contributed by atoms with van der Waals surface area (Å²) < 4.78 is 44.4. The normalized spacial score (nSPS) is 14.9. The number of para-hydroxylation sites is 1. The predicted molar refractivity (Wildman–Crippen MR) is 93.2 cm³/mol. The maximum atomic E-state index is 12.2. The molecule has 0 atom stereocenters. The van der Waals surface area contributed by atoms with E-state index >= 15 is 0 Å². The number of carbonyl (C=O) groups excluding carboxylic acids is 1. The van der Waals surface area contributed by atoms with Crippen molar-refractivity contribution in [3.63, 3.8) is 0 Å². The summed E-state index contributed by atoms with van der Waals surface area (Å²) in [5, 5.41) is 0. The van der Waals surface area contributed by atoms with Gasteiger partial charge in [-0.25, -0.2) is 9.79 Å². The Morgan fingerprint density at radius 3 is 2.44 bits per heavy atom. The van der Waals surface area contributed by atoms with Crippen LogP contribution in [0.1, 0.15) is 11.1 Å². The van der Waals surface area contributed by atoms with Crippen LogP contribution in [-0.4, -0.2) is 32.7 Å². The third kappa shape index (κ3) is 4.05. The van der Waals surface area contributed by atoms with Crippen molar-refractivity contribution in [3.8, 4) is 17.2 Å². The fraction of sp³-hybridized carbons (Fsp3) is 0.158. The van der Waals surface area contributed by atoms with Gasteiger partial charge < -0.3 is 18.9 Å². The van der Waals surface area contributed by atoms with Crippen molar-refractivity contribution in [2.24, 2.45) is 4.99 Å². The van der Waals surface area contributed by atoms with Gasteiger partial charge in [0, 0.05) is 11.1 Å². The fourth-order valence-corrected chi connectivity index (χ4v) is 2.48. The highest BCUT2D eigenvalue weighted by molar-refractivity contribution is 6.13. The van der Waals surface area contributed by atoms with E-state index in [1.807, 2.05) is 0 Å². The lowest BCUT2D eigenvalue weighted by Crippen LogP contribution is -2.06. The first-order valence-corrected chi connectivity index (χ1v) is 7.80. The number of esters is 1. The molecule has 3 rings (SSSR count). The van der Waals surface area contributed by atoms with E-state index in [0.29, 0.717) is 22.6 Å². The topological polar surface area (TPSA) is 66.3 Å². The number of hydrogen-bond acceptors (Lipinski definition) is 6. The number of hydrogen-bond donors (Lipinski definition) is 0. The molecule has 1 aliphatic heterocycles. The van der Waals surface area contributed by atoms with Gasteiger partial charge in [-0.2, -0.15) is 8.78 Å². The van der Waals surface area contributed by atoms with Crippen LogP contribution in [0.5, 0.6) is 17.2 Å². The quantitative estimate of drug-likeness (QED) is 0.570. The van der Waals surface area contributed by atoms with Gasteiger partial charge in [-0.15, -0.1) is 0 Å². The molecule has 0 aliphatic carbocycles. The van der Waals surface area contributed by atoms with Crippen LogP contribution in [0.3, 0.4) is 0 Å². The second-order valence-electron chi connectivity index (χ2n) is 5.32. The number of rotatable bonds is 6. The molecule has 6 nitrogen and oxygen atoms in total. The van der Waals surface area contributed by atoms with E-state index in [9.17, 15) is 13.6 Å². The fourth-order valence-electron chi connectivity index (χ4n) is 2.48. The second-order valence-corrected chi connectivity index (χ2v) is 5.32. The highest BCUT2D eigenvalue weighted by atomic mass is 19.3. The van der Waals surface area contributed by atoms with Gasteiger partial charge >= 0.3 is 12.6 Å². The molecule has 8 heteroatoms. The summed E-state index contributed by atoms with van der Waals surface area (Å²) >= 11 is 0. The number of aliphatic imine (C=N–C) groups is 1. The molecule has 0 saturated heterocycles. The lowest BCUT2D eigenvalue weighted by molar-refractivity contribution is -0.129. The molecule has 2 aromatic rings. The van der Waals surface area contributed by atoms with Crippen LogP contribution in [-0.2, 0) is 9.53 Å². The molecule has 0 radical (unpaired) electrons. The standard InChI is InChI=1S/C19H15F2NO5/c1-24-15-5-3-4-12(16(15)25-2)10-14-18(23)27-17(22-14)11-6-8-13(9-7-11)26-19(20)21/h3-10,19H,1-2H3/b14-10-. The summed E-state index contributed by atoms with van der Waals surface area (Å²) in [6, 6.07) is 10.8. The Labute approximate surface area is 153 Å². The van der Waals surface area contributed by atoms with Crippen molar-refractivity contribution in [2.75, 3.05) is 14.2 Å². The van der Waals surface area contributed by atoms with Gasteiger partial charge in [0.1, 0.15) is 5.75 Å². The predicted octanol–water partition coefficient (Wildman–Crippen LogP) is 3.65. The van der Waals surface area contributed by atoms with Crippen LogP contribution < -0.4 is 14.2 Å². The average Bonchev–Trinajstić information content (AvgIpc) is 3.02. The van der Waals surface area contributed by atoms with Crippen molar-refractivity contribution in [1.82, 2.24) is 0 Å². The monoisotopic (exact) mass is 375 g/mol. The minimum absolute atomic E-state index is 0.00411. The molecular formula is C19H15F2NO5. The third-order valence-electron chi connectivity index (χ3n) is 3.67. The Balaban J connectivity index is 1.89. The molecule has 2 aromatic carbocycles. The van der Waals surface area contributed by atoms with Crippen LogP contribution in [0, 0.1) is 0 Å². The Morgan fingerprint density at radius 1 is 1.07 bits per heavy atom. The minimum atomic E-state index is -2.91. The highest BCUT2D eigenvalue weighted by Crippen LogP contribution is 2.33. The van der Waals surface area contributed by atoms with Crippen LogP contribution in [0.2, 0.25) is 0 Å². The Hall–Kier alpha value is -3.42. The molecule has 140 valence electrons. The van der Waals surface area contributed by atoms with Gasteiger partial charge in [0.05, 0.1) is 14.2 Å². The first-order chi connectivity index (χ1) is 13.0. The molecule has 1 aliphatic rings. The van der Waals surface area contributed by atoms with E-state index in [4.69, 9.17) is 14.2 Å². The molecular weight excluding hydrogens is 360 g/mol. The van der Waals surface area contributed by atoms with Crippen molar-refractivity contribution in [1.29, 1.82) is 0 Å². The second kappa shape index (κ2) is 7.86. The van der Waals surface area contributed by atoms with Crippen molar-refractivity contribution < 1.29 is 32.5 Å². The number of halogens is 2. The Morgan fingerprint density at radius 2 is 1.81 bits per heavy atom. The molecule has 0 N–H and O–H groups in total. The summed E-state index contributed by atoms with van der Waals surface area (Å²) in [7, 11) is 3.00. The SMILES string of the molecule is COc1cccc(/C=C2\N=C(c3ccc(OC(F)F)cc3)OC2=O)c1OC. The maximum absolute atomic E-state index is 12.2. The number of nitrogens with zero attached hydrogens (tertiary/aromatic N) is 1. The zero-order valence-electron chi connectivity index (χ0n) is 14.4. The summed E-state index contributed by atoms with van der Waals surface area (Å²) in [6.45, 7) is -2.91. The number of methoxy groups -OCH3 is 2. The Bertz CT molecular complexity index is 907.